The van der Waals surface area contributed by atoms with E-state index in [1.807, 2.05) is 0 Å². The molecule has 6 nitrogen and oxygen atoms in total. The molecule has 136 valence electrons. The topological polar surface area (TPSA) is 60.8 Å². The molecule has 1 saturated carbocycles. The lowest BCUT2D eigenvalue weighted by Gasteiger charge is -2.30. The molecule has 0 amide bonds. The number of alkyl halides is 2. The summed E-state index contributed by atoms with van der Waals surface area (Å²) in [6.07, 6.45) is 2.42. The first-order chi connectivity index (χ1) is 11.9. The summed E-state index contributed by atoms with van der Waals surface area (Å²) >= 11 is 0. The van der Waals surface area contributed by atoms with Crippen LogP contribution < -0.4 is 10.6 Å². The third-order valence-electron chi connectivity index (χ3n) is 5.59. The first-order valence-electron chi connectivity index (χ1n) is 8.47. The maximum Gasteiger partial charge on any atom is 0.308 e. The van der Waals surface area contributed by atoms with Gasteiger partial charge in [-0.15, -0.1) is 0 Å². The summed E-state index contributed by atoms with van der Waals surface area (Å²) in [6.45, 7) is 0.790. The van der Waals surface area contributed by atoms with E-state index in [1.54, 1.807) is 17.3 Å². The van der Waals surface area contributed by atoms with E-state index >= 15 is 0 Å². The standard InChI is InChI=1S/C17H20F2N2O4/c1-24-16(23)10-4-5-25-14(6-10)11-2-3-15(22)21(7-11)20-8-12-13(9-20)17(12,18)19/h2-3,7,10,12-14H,4-6,8-9H2,1H3/t10-,12?,13?,14+/m0/s1. The second-order valence-electron chi connectivity index (χ2n) is 7.01. The van der Waals surface area contributed by atoms with Gasteiger partial charge in [0.05, 0.1) is 31.0 Å². The number of carbonyl (C=O) groups excluding carboxylic acids is 1. The molecule has 1 aromatic rings. The van der Waals surface area contributed by atoms with Crippen molar-refractivity contribution in [3.05, 3.63) is 34.2 Å². The number of piperidine rings is 1. The van der Waals surface area contributed by atoms with Gasteiger partial charge < -0.3 is 14.5 Å². The van der Waals surface area contributed by atoms with E-state index < -0.39 is 17.8 Å². The van der Waals surface area contributed by atoms with Crippen LogP contribution in [-0.2, 0) is 14.3 Å². The smallest absolute Gasteiger partial charge is 0.308 e. The highest BCUT2D eigenvalue weighted by molar-refractivity contribution is 5.72. The second kappa shape index (κ2) is 5.79. The molecular formula is C17H20F2N2O4. The molecule has 3 aliphatic rings. The Morgan fingerprint density at radius 1 is 1.32 bits per heavy atom. The van der Waals surface area contributed by atoms with E-state index in [9.17, 15) is 18.4 Å². The van der Waals surface area contributed by atoms with Crippen LogP contribution in [0.2, 0.25) is 0 Å². The van der Waals surface area contributed by atoms with Gasteiger partial charge >= 0.3 is 5.97 Å². The van der Waals surface area contributed by atoms with Crippen LogP contribution in [0.4, 0.5) is 8.78 Å². The summed E-state index contributed by atoms with van der Waals surface area (Å²) in [5.74, 6) is -4.39. The number of rotatable bonds is 3. The highest BCUT2D eigenvalue weighted by Crippen LogP contribution is 2.58. The zero-order valence-corrected chi connectivity index (χ0v) is 13.9. The van der Waals surface area contributed by atoms with Crippen LogP contribution in [0.25, 0.3) is 0 Å². The van der Waals surface area contributed by atoms with Crippen LogP contribution in [-0.4, -0.2) is 43.4 Å². The van der Waals surface area contributed by atoms with Crippen LogP contribution in [0, 0.1) is 17.8 Å². The molecule has 2 saturated heterocycles. The third-order valence-corrected chi connectivity index (χ3v) is 5.59. The van der Waals surface area contributed by atoms with Crippen molar-refractivity contribution in [2.45, 2.75) is 24.9 Å². The van der Waals surface area contributed by atoms with Crippen LogP contribution in [0.5, 0.6) is 0 Å². The minimum atomic E-state index is -2.59. The third kappa shape index (κ3) is 2.72. The highest BCUT2D eigenvalue weighted by Gasteiger charge is 2.72. The number of methoxy groups -OCH3 is 1. The quantitative estimate of drug-likeness (QED) is 0.767. The molecule has 2 aliphatic heterocycles. The molecule has 0 radical (unpaired) electrons. The SMILES string of the molecule is COC(=O)[C@H]1CCO[C@@H](c2ccc(=O)n(N3CC4C(C3)C4(F)F)c2)C1. The predicted molar refractivity (Wildman–Crippen MR) is 84.0 cm³/mol. The summed E-state index contributed by atoms with van der Waals surface area (Å²) in [7, 11) is 1.36. The van der Waals surface area contributed by atoms with Crippen LogP contribution in [0.3, 0.4) is 0 Å². The van der Waals surface area contributed by atoms with Crippen molar-refractivity contribution in [3.8, 4) is 0 Å². The Bertz CT molecular complexity index is 736. The number of ether oxygens (including phenoxy) is 2. The summed E-state index contributed by atoms with van der Waals surface area (Å²) in [6, 6.07) is 3.09. The summed E-state index contributed by atoms with van der Waals surface area (Å²) in [5.41, 5.74) is 0.509. The minimum absolute atomic E-state index is 0.178. The van der Waals surface area contributed by atoms with Crippen molar-refractivity contribution in [2.24, 2.45) is 17.8 Å². The van der Waals surface area contributed by atoms with Crippen molar-refractivity contribution >= 4 is 5.97 Å². The second-order valence-corrected chi connectivity index (χ2v) is 7.01. The number of esters is 1. The highest BCUT2D eigenvalue weighted by atomic mass is 19.3. The number of carbonyl (C=O) groups is 1. The lowest BCUT2D eigenvalue weighted by atomic mass is 9.92. The van der Waals surface area contributed by atoms with Gasteiger partial charge in [0.15, 0.2) is 0 Å². The Balaban J connectivity index is 1.52. The van der Waals surface area contributed by atoms with E-state index in [-0.39, 0.29) is 36.6 Å². The number of hydrogen-bond donors (Lipinski definition) is 0. The molecule has 8 heteroatoms. The van der Waals surface area contributed by atoms with E-state index in [0.29, 0.717) is 19.4 Å². The Hall–Kier alpha value is -1.96. The molecule has 25 heavy (non-hydrogen) atoms. The van der Waals surface area contributed by atoms with E-state index in [4.69, 9.17) is 9.47 Å². The molecular weight excluding hydrogens is 334 g/mol. The zero-order chi connectivity index (χ0) is 17.8. The maximum absolute atomic E-state index is 13.4. The van der Waals surface area contributed by atoms with E-state index in [1.165, 1.54) is 17.9 Å². The van der Waals surface area contributed by atoms with Gasteiger partial charge in [-0.25, -0.2) is 13.5 Å². The van der Waals surface area contributed by atoms with Crippen LogP contribution in [0.1, 0.15) is 24.5 Å². The molecule has 1 aromatic heterocycles. The summed E-state index contributed by atoms with van der Waals surface area (Å²) < 4.78 is 38.7. The normalized spacial score (nSPS) is 33.0. The van der Waals surface area contributed by atoms with E-state index in [0.717, 1.165) is 5.56 Å². The molecule has 0 bridgehead atoms. The molecule has 3 fully saturated rings. The van der Waals surface area contributed by atoms with Gasteiger partial charge in [0, 0.05) is 32.0 Å². The molecule has 0 N–H and O–H groups in total. The fourth-order valence-electron chi connectivity index (χ4n) is 3.98. The van der Waals surface area contributed by atoms with Crippen molar-refractivity contribution in [2.75, 3.05) is 31.8 Å². The molecule has 1 aliphatic carbocycles. The number of pyridine rings is 1. The average molecular weight is 354 g/mol. The Morgan fingerprint density at radius 2 is 2.04 bits per heavy atom. The number of halogens is 2. The first-order valence-corrected chi connectivity index (χ1v) is 8.47. The number of hydrogen-bond acceptors (Lipinski definition) is 5. The number of nitrogens with zero attached hydrogens (tertiary/aromatic N) is 2. The molecule has 4 atom stereocenters. The fraction of sp³-hybridized carbons (Fsp3) is 0.647. The predicted octanol–water partition coefficient (Wildman–Crippen LogP) is 1.32. The van der Waals surface area contributed by atoms with Crippen molar-refractivity contribution in [1.82, 2.24) is 4.68 Å². The largest absolute Gasteiger partial charge is 0.469 e. The maximum atomic E-state index is 13.4. The summed E-state index contributed by atoms with van der Waals surface area (Å²) in [4.78, 5) is 23.9. The van der Waals surface area contributed by atoms with Crippen LogP contribution >= 0.6 is 0 Å². The van der Waals surface area contributed by atoms with Gasteiger partial charge in [-0.3, -0.25) is 9.59 Å². The Labute approximate surface area is 143 Å². The molecule has 3 heterocycles. The summed E-state index contributed by atoms with van der Waals surface area (Å²) in [5, 5.41) is 1.67. The zero-order valence-electron chi connectivity index (χ0n) is 13.9. The molecule has 0 aromatic carbocycles. The van der Waals surface area contributed by atoms with Crippen molar-refractivity contribution in [3.63, 3.8) is 0 Å². The monoisotopic (exact) mass is 354 g/mol. The number of aromatic nitrogens is 1. The average Bonchev–Trinajstić information content (AvgIpc) is 2.98. The minimum Gasteiger partial charge on any atom is -0.469 e. The van der Waals surface area contributed by atoms with Crippen molar-refractivity contribution < 1.29 is 23.0 Å². The van der Waals surface area contributed by atoms with Gasteiger partial charge in [-0.1, -0.05) is 0 Å². The van der Waals surface area contributed by atoms with Gasteiger partial charge in [0.1, 0.15) is 0 Å². The van der Waals surface area contributed by atoms with Gasteiger partial charge in [-0.05, 0) is 24.5 Å². The lowest BCUT2D eigenvalue weighted by molar-refractivity contribution is -0.150. The van der Waals surface area contributed by atoms with E-state index in [2.05, 4.69) is 0 Å². The van der Waals surface area contributed by atoms with Crippen LogP contribution in [0.15, 0.2) is 23.1 Å². The van der Waals surface area contributed by atoms with Gasteiger partial charge in [0.2, 0.25) is 0 Å². The first kappa shape index (κ1) is 16.5. The molecule has 0 spiro atoms. The Kier molecular flexibility index (Phi) is 3.82. The fourth-order valence-corrected chi connectivity index (χ4v) is 3.98. The Morgan fingerprint density at radius 3 is 2.72 bits per heavy atom. The number of fused-ring (bicyclic) bond motifs is 1. The molecule has 2 unspecified atom stereocenters. The lowest BCUT2D eigenvalue weighted by Crippen LogP contribution is -2.43. The molecule has 4 rings (SSSR count). The van der Waals surface area contributed by atoms with Gasteiger partial charge in [0.25, 0.3) is 11.5 Å². The van der Waals surface area contributed by atoms with Gasteiger partial charge in [-0.2, -0.15) is 0 Å². The van der Waals surface area contributed by atoms with Crippen molar-refractivity contribution in [1.29, 1.82) is 0 Å².